The summed E-state index contributed by atoms with van der Waals surface area (Å²) >= 11 is 0. The fourth-order valence-electron chi connectivity index (χ4n) is 4.99. The van der Waals surface area contributed by atoms with Crippen molar-refractivity contribution in [3.63, 3.8) is 0 Å². The second kappa shape index (κ2) is 6.51. The van der Waals surface area contributed by atoms with Gasteiger partial charge in [-0.15, -0.1) is 5.10 Å². The van der Waals surface area contributed by atoms with Gasteiger partial charge in [-0.3, -0.25) is 14.5 Å². The van der Waals surface area contributed by atoms with Crippen molar-refractivity contribution in [1.82, 2.24) is 24.5 Å². The summed E-state index contributed by atoms with van der Waals surface area (Å²) in [4.78, 5) is 31.5. The third kappa shape index (κ3) is 2.51. The zero-order valence-electron chi connectivity index (χ0n) is 16.9. The molecule has 1 unspecified atom stereocenters. The number of benzene rings is 1. The first-order valence-electron chi connectivity index (χ1n) is 10.1. The highest BCUT2D eigenvalue weighted by molar-refractivity contribution is 5.95. The van der Waals surface area contributed by atoms with E-state index in [1.807, 2.05) is 48.0 Å². The molecule has 154 valence electrons. The minimum Gasteiger partial charge on any atom is -0.363 e. The lowest BCUT2D eigenvalue weighted by atomic mass is 9.74. The van der Waals surface area contributed by atoms with Gasteiger partial charge >= 0.3 is 0 Å². The summed E-state index contributed by atoms with van der Waals surface area (Å²) in [6.45, 7) is 2.54. The number of rotatable bonds is 3. The second-order valence-corrected chi connectivity index (χ2v) is 8.02. The molecule has 2 atom stereocenters. The molecule has 2 aliphatic rings. The molecule has 0 bridgehead atoms. The van der Waals surface area contributed by atoms with Crippen molar-refractivity contribution < 1.29 is 9.59 Å². The first-order chi connectivity index (χ1) is 14.4. The molecule has 2 aromatic heterocycles. The molecule has 4 heterocycles. The topological polar surface area (TPSA) is 112 Å². The van der Waals surface area contributed by atoms with E-state index >= 15 is 0 Å². The molecular formula is C21H23N7O2. The van der Waals surface area contributed by atoms with Gasteiger partial charge in [0.2, 0.25) is 11.7 Å². The third-order valence-electron chi connectivity index (χ3n) is 6.34. The Labute approximate surface area is 173 Å². The molecule has 3 aromatic rings. The van der Waals surface area contributed by atoms with Crippen LogP contribution < -0.4 is 10.6 Å². The van der Waals surface area contributed by atoms with E-state index in [9.17, 15) is 9.59 Å². The predicted molar refractivity (Wildman–Crippen MR) is 109 cm³/mol. The van der Waals surface area contributed by atoms with Crippen LogP contribution >= 0.6 is 0 Å². The molecule has 0 saturated heterocycles. The number of aromatic nitrogens is 5. The molecule has 0 fully saturated rings. The van der Waals surface area contributed by atoms with Crippen molar-refractivity contribution in [2.75, 3.05) is 11.9 Å². The number of carbonyl (C=O) groups excluding carboxylic acids is 2. The number of anilines is 1. The maximum absolute atomic E-state index is 13.8. The quantitative estimate of drug-likeness (QED) is 0.705. The monoisotopic (exact) mass is 405 g/mol. The van der Waals surface area contributed by atoms with E-state index in [4.69, 9.17) is 5.73 Å². The Morgan fingerprint density at radius 3 is 2.73 bits per heavy atom. The standard InChI is InChI=1S/C21H23N7O2/c1-13-12-17-26(2)20(30)15(9-11-27(17)24-13)21(14-6-4-3-5-7-14)10-8-16-23-19(18(22)29)25-28(16)21/h3-7,12,15H,8-11H2,1-2H3,(H2,22,29)/t15-,21?/m1/s1. The molecule has 2 amide bonds. The van der Waals surface area contributed by atoms with Crippen molar-refractivity contribution in [3.05, 3.63) is 59.3 Å². The van der Waals surface area contributed by atoms with Gasteiger partial charge < -0.3 is 5.73 Å². The molecule has 2 aliphatic heterocycles. The molecular weight excluding hydrogens is 382 g/mol. The van der Waals surface area contributed by atoms with Crippen LogP contribution in [0.3, 0.4) is 0 Å². The highest BCUT2D eigenvalue weighted by Crippen LogP contribution is 2.46. The number of hydrogen-bond acceptors (Lipinski definition) is 5. The zero-order valence-corrected chi connectivity index (χ0v) is 16.9. The van der Waals surface area contributed by atoms with Gasteiger partial charge in [-0.2, -0.15) is 5.10 Å². The van der Waals surface area contributed by atoms with Gasteiger partial charge in [0.05, 0.1) is 11.6 Å². The number of hydrogen-bond donors (Lipinski definition) is 1. The molecule has 2 N–H and O–H groups in total. The van der Waals surface area contributed by atoms with Gasteiger partial charge in [-0.1, -0.05) is 30.3 Å². The molecule has 0 radical (unpaired) electrons. The van der Waals surface area contributed by atoms with Crippen LogP contribution in [-0.4, -0.2) is 43.4 Å². The van der Waals surface area contributed by atoms with Gasteiger partial charge in [0.25, 0.3) is 5.91 Å². The number of aryl methyl sites for hydroxylation is 3. The third-order valence-corrected chi connectivity index (χ3v) is 6.34. The first-order valence-corrected chi connectivity index (χ1v) is 10.1. The maximum Gasteiger partial charge on any atom is 0.288 e. The van der Waals surface area contributed by atoms with Gasteiger partial charge in [0.1, 0.15) is 17.2 Å². The summed E-state index contributed by atoms with van der Waals surface area (Å²) in [5.74, 6) is 0.401. The molecule has 9 nitrogen and oxygen atoms in total. The highest BCUT2D eigenvalue weighted by atomic mass is 16.2. The van der Waals surface area contributed by atoms with Crippen LogP contribution in [0.25, 0.3) is 0 Å². The Morgan fingerprint density at radius 2 is 2.00 bits per heavy atom. The van der Waals surface area contributed by atoms with E-state index in [-0.39, 0.29) is 11.7 Å². The maximum atomic E-state index is 13.8. The minimum absolute atomic E-state index is 0.00137. The molecule has 9 heteroatoms. The van der Waals surface area contributed by atoms with Crippen molar-refractivity contribution >= 4 is 17.6 Å². The summed E-state index contributed by atoms with van der Waals surface area (Å²) < 4.78 is 3.66. The van der Waals surface area contributed by atoms with Crippen LogP contribution in [0.15, 0.2) is 36.4 Å². The van der Waals surface area contributed by atoms with E-state index in [0.29, 0.717) is 31.6 Å². The molecule has 0 aliphatic carbocycles. The number of nitrogens with two attached hydrogens (primary N) is 1. The van der Waals surface area contributed by atoms with E-state index in [0.717, 1.165) is 17.1 Å². The zero-order chi connectivity index (χ0) is 21.0. The Hall–Kier alpha value is -3.49. The van der Waals surface area contributed by atoms with Crippen LogP contribution in [0.2, 0.25) is 0 Å². The van der Waals surface area contributed by atoms with Gasteiger partial charge in [-0.25, -0.2) is 14.3 Å². The first kappa shape index (κ1) is 18.5. The van der Waals surface area contributed by atoms with E-state index in [2.05, 4.69) is 15.2 Å². The second-order valence-electron chi connectivity index (χ2n) is 8.02. The normalized spacial score (nSPS) is 23.2. The summed E-state index contributed by atoms with van der Waals surface area (Å²) in [6, 6.07) is 11.8. The van der Waals surface area contributed by atoms with Crippen LogP contribution in [0.1, 0.15) is 40.5 Å². The van der Waals surface area contributed by atoms with Crippen molar-refractivity contribution in [1.29, 1.82) is 0 Å². The van der Waals surface area contributed by atoms with E-state index in [1.165, 1.54) is 0 Å². The van der Waals surface area contributed by atoms with Crippen molar-refractivity contribution in [2.24, 2.45) is 11.7 Å². The number of primary amides is 1. The van der Waals surface area contributed by atoms with E-state index in [1.54, 1.807) is 16.6 Å². The summed E-state index contributed by atoms with van der Waals surface area (Å²) in [7, 11) is 1.79. The van der Waals surface area contributed by atoms with Crippen LogP contribution in [0.5, 0.6) is 0 Å². The summed E-state index contributed by atoms with van der Waals surface area (Å²) in [6.07, 6.45) is 1.89. The van der Waals surface area contributed by atoms with Crippen molar-refractivity contribution in [2.45, 2.75) is 38.3 Å². The Kier molecular flexibility index (Phi) is 4.02. The molecule has 0 saturated carbocycles. The molecule has 1 aromatic carbocycles. The van der Waals surface area contributed by atoms with Crippen LogP contribution in [0.4, 0.5) is 5.82 Å². The van der Waals surface area contributed by atoms with Crippen LogP contribution in [-0.2, 0) is 23.3 Å². The fraction of sp³-hybridized carbons (Fsp3) is 0.381. The Balaban J connectivity index is 1.68. The average molecular weight is 405 g/mol. The minimum atomic E-state index is -0.734. The number of nitrogens with zero attached hydrogens (tertiary/aromatic N) is 6. The fourth-order valence-corrected chi connectivity index (χ4v) is 4.99. The lowest BCUT2D eigenvalue weighted by Gasteiger charge is -2.38. The predicted octanol–water partition coefficient (Wildman–Crippen LogP) is 1.25. The Bertz CT molecular complexity index is 1150. The highest BCUT2D eigenvalue weighted by Gasteiger charge is 2.53. The van der Waals surface area contributed by atoms with Gasteiger partial charge in [0, 0.05) is 26.1 Å². The summed E-state index contributed by atoms with van der Waals surface area (Å²) in [5, 5.41) is 9.03. The smallest absolute Gasteiger partial charge is 0.288 e. The number of fused-ring (bicyclic) bond motifs is 2. The summed E-state index contributed by atoms with van der Waals surface area (Å²) in [5.41, 5.74) is 6.57. The molecule has 5 rings (SSSR count). The SMILES string of the molecule is Cc1cc2n(n1)CC[C@@H](C1(c3ccccc3)CCc3nc(C(N)=O)nn31)C(=O)N2C. The lowest BCUT2D eigenvalue weighted by molar-refractivity contribution is -0.125. The van der Waals surface area contributed by atoms with Gasteiger partial charge in [0.15, 0.2) is 0 Å². The molecule has 30 heavy (non-hydrogen) atoms. The largest absolute Gasteiger partial charge is 0.363 e. The molecule has 0 spiro atoms. The Morgan fingerprint density at radius 1 is 1.23 bits per heavy atom. The van der Waals surface area contributed by atoms with Crippen molar-refractivity contribution in [3.8, 4) is 0 Å². The average Bonchev–Trinajstić information content (AvgIpc) is 3.40. The van der Waals surface area contributed by atoms with Gasteiger partial charge in [-0.05, 0) is 25.3 Å². The number of carbonyl (C=O) groups is 2. The number of amides is 2. The van der Waals surface area contributed by atoms with E-state index < -0.39 is 17.4 Å². The van der Waals surface area contributed by atoms with Crippen LogP contribution in [0, 0.1) is 12.8 Å². The lowest BCUT2D eigenvalue weighted by Crippen LogP contribution is -2.48.